The quantitative estimate of drug-likeness (QED) is 0.700. The lowest BCUT2D eigenvalue weighted by atomic mass is 10.1. The molecule has 0 aliphatic heterocycles. The van der Waals surface area contributed by atoms with Crippen LogP contribution in [0.2, 0.25) is 0 Å². The first-order valence-electron chi connectivity index (χ1n) is 6.39. The Kier molecular flexibility index (Phi) is 3.42. The maximum Gasteiger partial charge on any atom is 0.418 e. The Morgan fingerprint density at radius 2 is 1.91 bits per heavy atom. The van der Waals surface area contributed by atoms with E-state index in [1.807, 2.05) is 0 Å². The van der Waals surface area contributed by atoms with E-state index in [9.17, 15) is 22.0 Å². The van der Waals surface area contributed by atoms with Crippen LogP contribution < -0.4 is 5.32 Å². The van der Waals surface area contributed by atoms with E-state index in [-0.39, 0.29) is 22.4 Å². The third kappa shape index (κ3) is 2.58. The molecule has 120 valence electrons. The first kappa shape index (κ1) is 15.2. The van der Waals surface area contributed by atoms with Crippen LogP contribution in [0.1, 0.15) is 5.56 Å². The number of fused-ring (bicyclic) bond motifs is 1. The van der Waals surface area contributed by atoms with E-state index in [1.54, 1.807) is 0 Å². The molecule has 0 saturated carbocycles. The van der Waals surface area contributed by atoms with Crippen LogP contribution in [0.5, 0.6) is 0 Å². The largest absolute Gasteiger partial charge is 0.418 e. The van der Waals surface area contributed by atoms with Crippen molar-refractivity contribution in [3.8, 4) is 11.3 Å². The fraction of sp³-hybridized carbons (Fsp3) is 0.143. The first-order valence-corrected chi connectivity index (χ1v) is 6.39. The minimum absolute atomic E-state index is 0.0178. The molecule has 3 rings (SSSR count). The van der Waals surface area contributed by atoms with Gasteiger partial charge in [-0.2, -0.15) is 13.2 Å². The van der Waals surface area contributed by atoms with Crippen molar-refractivity contribution < 1.29 is 22.0 Å². The number of aromatic nitrogens is 3. The molecular formula is C14H9F5N4. The molecule has 0 radical (unpaired) electrons. The van der Waals surface area contributed by atoms with Gasteiger partial charge >= 0.3 is 6.18 Å². The zero-order valence-corrected chi connectivity index (χ0v) is 11.6. The highest BCUT2D eigenvalue weighted by Crippen LogP contribution is 2.39. The maximum absolute atomic E-state index is 13.7. The summed E-state index contributed by atoms with van der Waals surface area (Å²) in [6.07, 6.45) is -2.66. The van der Waals surface area contributed by atoms with E-state index in [0.717, 1.165) is 12.3 Å². The van der Waals surface area contributed by atoms with Crippen LogP contribution in [0.4, 0.5) is 27.8 Å². The highest BCUT2D eigenvalue weighted by molar-refractivity contribution is 5.93. The van der Waals surface area contributed by atoms with E-state index < -0.39 is 29.1 Å². The molecule has 9 heteroatoms. The van der Waals surface area contributed by atoms with E-state index in [0.29, 0.717) is 6.07 Å². The zero-order valence-electron chi connectivity index (χ0n) is 11.6. The summed E-state index contributed by atoms with van der Waals surface area (Å²) >= 11 is 0. The number of pyridine rings is 2. The Balaban J connectivity index is 2.34. The number of nitrogens with zero attached hydrogens (tertiary/aromatic N) is 2. The Hall–Kier alpha value is -2.71. The third-order valence-electron chi connectivity index (χ3n) is 3.27. The SMILES string of the molecule is CNc1nc(-c2c[nH]c3ncc(F)cc23)c(C(F)(F)F)cc1F. The first-order chi connectivity index (χ1) is 10.8. The van der Waals surface area contributed by atoms with Gasteiger partial charge in [-0.25, -0.2) is 18.7 Å². The zero-order chi connectivity index (χ0) is 16.8. The van der Waals surface area contributed by atoms with Gasteiger partial charge in [0.2, 0.25) is 0 Å². The number of rotatable bonds is 2. The van der Waals surface area contributed by atoms with Crippen LogP contribution in [0, 0.1) is 11.6 Å². The van der Waals surface area contributed by atoms with Crippen LogP contribution in [0.3, 0.4) is 0 Å². The molecule has 0 amide bonds. The van der Waals surface area contributed by atoms with Gasteiger partial charge in [0.15, 0.2) is 11.6 Å². The average Bonchev–Trinajstić information content (AvgIpc) is 2.89. The molecular weight excluding hydrogens is 319 g/mol. The number of anilines is 1. The molecule has 2 N–H and O–H groups in total. The van der Waals surface area contributed by atoms with Gasteiger partial charge < -0.3 is 10.3 Å². The molecule has 0 aliphatic rings. The van der Waals surface area contributed by atoms with Crippen molar-refractivity contribution in [3.63, 3.8) is 0 Å². The molecule has 23 heavy (non-hydrogen) atoms. The molecule has 0 aromatic carbocycles. The van der Waals surface area contributed by atoms with Gasteiger partial charge in [0.1, 0.15) is 11.5 Å². The number of aromatic amines is 1. The van der Waals surface area contributed by atoms with E-state index >= 15 is 0 Å². The number of hydrogen-bond donors (Lipinski definition) is 2. The minimum atomic E-state index is -4.82. The summed E-state index contributed by atoms with van der Waals surface area (Å²) in [5.74, 6) is -2.18. The molecule has 0 spiro atoms. The highest BCUT2D eigenvalue weighted by atomic mass is 19.4. The van der Waals surface area contributed by atoms with Crippen molar-refractivity contribution in [2.24, 2.45) is 0 Å². The Labute approximate surface area is 126 Å². The topological polar surface area (TPSA) is 53.6 Å². The maximum atomic E-state index is 13.7. The van der Waals surface area contributed by atoms with Gasteiger partial charge in [-0.15, -0.1) is 0 Å². The normalized spacial score (nSPS) is 11.9. The monoisotopic (exact) mass is 328 g/mol. The molecule has 3 heterocycles. The van der Waals surface area contributed by atoms with Gasteiger partial charge in [0.25, 0.3) is 0 Å². The highest BCUT2D eigenvalue weighted by Gasteiger charge is 2.36. The van der Waals surface area contributed by atoms with Crippen molar-refractivity contribution in [2.75, 3.05) is 12.4 Å². The lowest BCUT2D eigenvalue weighted by Gasteiger charge is -2.14. The van der Waals surface area contributed by atoms with Crippen molar-refractivity contribution >= 4 is 16.9 Å². The summed E-state index contributed by atoms with van der Waals surface area (Å²) < 4.78 is 66.7. The van der Waals surface area contributed by atoms with Crippen LogP contribution in [0.15, 0.2) is 24.5 Å². The van der Waals surface area contributed by atoms with Crippen molar-refractivity contribution in [1.29, 1.82) is 0 Å². The molecule has 0 fully saturated rings. The van der Waals surface area contributed by atoms with Crippen LogP contribution in [-0.4, -0.2) is 22.0 Å². The third-order valence-corrected chi connectivity index (χ3v) is 3.27. The number of nitrogens with one attached hydrogen (secondary N) is 2. The molecule has 0 aliphatic carbocycles. The van der Waals surface area contributed by atoms with Crippen LogP contribution in [0.25, 0.3) is 22.3 Å². The fourth-order valence-electron chi connectivity index (χ4n) is 2.26. The van der Waals surface area contributed by atoms with Crippen LogP contribution >= 0.6 is 0 Å². The molecule has 3 aromatic rings. The number of hydrogen-bond acceptors (Lipinski definition) is 3. The second-order valence-electron chi connectivity index (χ2n) is 4.71. The van der Waals surface area contributed by atoms with E-state index in [4.69, 9.17) is 0 Å². The minimum Gasteiger partial charge on any atom is -0.371 e. The molecule has 0 atom stereocenters. The lowest BCUT2D eigenvalue weighted by molar-refractivity contribution is -0.137. The average molecular weight is 328 g/mol. The number of halogens is 5. The van der Waals surface area contributed by atoms with Crippen LogP contribution in [-0.2, 0) is 6.18 Å². The Morgan fingerprint density at radius 1 is 1.17 bits per heavy atom. The van der Waals surface area contributed by atoms with Gasteiger partial charge in [-0.3, -0.25) is 0 Å². The molecule has 4 nitrogen and oxygen atoms in total. The summed E-state index contributed by atoms with van der Waals surface area (Å²) in [6.45, 7) is 0. The van der Waals surface area contributed by atoms with Gasteiger partial charge in [-0.05, 0) is 12.1 Å². The summed E-state index contributed by atoms with van der Waals surface area (Å²) in [7, 11) is 1.33. The predicted octanol–water partition coefficient (Wildman–Crippen LogP) is 3.96. The van der Waals surface area contributed by atoms with Crippen molar-refractivity contribution in [1.82, 2.24) is 15.0 Å². The van der Waals surface area contributed by atoms with Crippen molar-refractivity contribution in [2.45, 2.75) is 6.18 Å². The fourth-order valence-corrected chi connectivity index (χ4v) is 2.26. The summed E-state index contributed by atoms with van der Waals surface area (Å²) in [5, 5.41) is 2.50. The number of H-pyrrole nitrogens is 1. The summed E-state index contributed by atoms with van der Waals surface area (Å²) in [6, 6.07) is 1.40. The second-order valence-corrected chi connectivity index (χ2v) is 4.71. The molecule has 0 saturated heterocycles. The van der Waals surface area contributed by atoms with E-state index in [2.05, 4.69) is 20.3 Å². The Bertz CT molecular complexity index is 885. The molecule has 0 unspecified atom stereocenters. The molecule has 3 aromatic heterocycles. The standard InChI is InChI=1S/C14H9F5N4/c1-20-13-10(16)3-9(14(17,18)19)11(23-13)8-5-22-12-7(8)2-6(15)4-21-12/h2-5H,1H3,(H,20,23)(H,21,22). The lowest BCUT2D eigenvalue weighted by Crippen LogP contribution is -2.11. The van der Waals surface area contributed by atoms with Gasteiger partial charge in [0.05, 0.1) is 17.5 Å². The predicted molar refractivity (Wildman–Crippen MR) is 73.8 cm³/mol. The van der Waals surface area contributed by atoms with E-state index in [1.165, 1.54) is 13.2 Å². The number of alkyl halides is 3. The second kappa shape index (κ2) is 5.18. The summed E-state index contributed by atoms with van der Waals surface area (Å²) in [4.78, 5) is 10.1. The van der Waals surface area contributed by atoms with Gasteiger partial charge in [0, 0.05) is 24.2 Å². The molecule has 0 bridgehead atoms. The summed E-state index contributed by atoms with van der Waals surface area (Å²) in [5.41, 5.74) is -1.58. The Morgan fingerprint density at radius 3 is 2.57 bits per heavy atom. The smallest absolute Gasteiger partial charge is 0.371 e. The van der Waals surface area contributed by atoms with Crippen molar-refractivity contribution in [3.05, 3.63) is 41.7 Å². The van der Waals surface area contributed by atoms with Gasteiger partial charge in [-0.1, -0.05) is 0 Å².